The van der Waals surface area contributed by atoms with Gasteiger partial charge in [0, 0.05) is 37.1 Å². The summed E-state index contributed by atoms with van der Waals surface area (Å²) in [6.45, 7) is 5.25. The number of nitro groups is 1. The average molecular weight is 314 g/mol. The Morgan fingerprint density at radius 3 is 2.52 bits per heavy atom. The molecular formula is C14H20ClN3O3. The number of hydrogen-bond donors (Lipinski definition) is 0. The Morgan fingerprint density at radius 1 is 1.33 bits per heavy atom. The van der Waals surface area contributed by atoms with Gasteiger partial charge in [0.2, 0.25) is 0 Å². The minimum Gasteiger partial charge on any atom is -0.357 e. The first kappa shape index (κ1) is 17.4. The fraction of sp³-hybridized carbons (Fsp3) is 0.500. The van der Waals surface area contributed by atoms with Crippen LogP contribution < -0.4 is 4.84 Å². The van der Waals surface area contributed by atoms with Crippen molar-refractivity contribution in [3.63, 3.8) is 0 Å². The molecule has 0 aliphatic carbocycles. The molecule has 2 unspecified atom stereocenters. The van der Waals surface area contributed by atoms with Gasteiger partial charge >= 0.3 is 0 Å². The standard InChI is InChI=1S/C14H19N3O3.ClH/c1-10-9-16(3)11(2)8-14(10)15-20-13-6-4-12(5-7-13)17(18)19;/h4-7,10-11H,8-9H2,1-3H3;1H. The van der Waals surface area contributed by atoms with Crippen molar-refractivity contribution in [2.75, 3.05) is 13.6 Å². The normalized spacial score (nSPS) is 24.4. The summed E-state index contributed by atoms with van der Waals surface area (Å²) in [7, 11) is 2.11. The fourth-order valence-corrected chi connectivity index (χ4v) is 2.24. The van der Waals surface area contributed by atoms with Gasteiger partial charge in [0.25, 0.3) is 5.69 Å². The molecule has 0 spiro atoms. The molecule has 1 aromatic carbocycles. The Kier molecular flexibility index (Phi) is 6.11. The summed E-state index contributed by atoms with van der Waals surface area (Å²) in [4.78, 5) is 17.8. The number of likely N-dealkylation sites (tertiary alicyclic amines) is 1. The van der Waals surface area contributed by atoms with Crippen LogP contribution in [0, 0.1) is 16.0 Å². The van der Waals surface area contributed by atoms with Crippen molar-refractivity contribution in [2.24, 2.45) is 11.1 Å². The molecule has 21 heavy (non-hydrogen) atoms. The topological polar surface area (TPSA) is 68.0 Å². The Balaban J connectivity index is 0.00000220. The van der Waals surface area contributed by atoms with E-state index in [9.17, 15) is 10.1 Å². The number of hydrogen-bond acceptors (Lipinski definition) is 5. The maximum absolute atomic E-state index is 10.6. The van der Waals surface area contributed by atoms with Gasteiger partial charge in [-0.05, 0) is 26.1 Å². The van der Waals surface area contributed by atoms with E-state index < -0.39 is 4.92 Å². The van der Waals surface area contributed by atoms with E-state index in [2.05, 4.69) is 31.0 Å². The fourth-order valence-electron chi connectivity index (χ4n) is 2.24. The summed E-state index contributed by atoms with van der Waals surface area (Å²) < 4.78 is 0. The zero-order valence-electron chi connectivity index (χ0n) is 12.4. The predicted octanol–water partition coefficient (Wildman–Crippen LogP) is 3.11. The highest BCUT2D eigenvalue weighted by atomic mass is 35.5. The lowest BCUT2D eigenvalue weighted by molar-refractivity contribution is -0.384. The molecule has 0 radical (unpaired) electrons. The number of rotatable bonds is 3. The smallest absolute Gasteiger partial charge is 0.269 e. The molecule has 0 aromatic heterocycles. The molecule has 1 heterocycles. The quantitative estimate of drug-likeness (QED) is 0.635. The summed E-state index contributed by atoms with van der Waals surface area (Å²) in [5, 5.41) is 14.8. The van der Waals surface area contributed by atoms with Gasteiger partial charge in [-0.1, -0.05) is 12.1 Å². The van der Waals surface area contributed by atoms with Crippen LogP contribution in [0.25, 0.3) is 0 Å². The number of halogens is 1. The van der Waals surface area contributed by atoms with Crippen LogP contribution in [-0.4, -0.2) is 35.2 Å². The molecule has 116 valence electrons. The molecule has 7 heteroatoms. The molecule has 2 rings (SSSR count). The first-order valence-electron chi connectivity index (χ1n) is 6.66. The third-order valence-corrected chi connectivity index (χ3v) is 3.70. The van der Waals surface area contributed by atoms with Crippen LogP contribution in [-0.2, 0) is 0 Å². The summed E-state index contributed by atoms with van der Waals surface area (Å²) in [6, 6.07) is 6.40. The Hall–Kier alpha value is -1.66. The van der Waals surface area contributed by atoms with Crippen LogP contribution >= 0.6 is 12.4 Å². The molecule has 1 saturated heterocycles. The highest BCUT2D eigenvalue weighted by molar-refractivity contribution is 5.87. The van der Waals surface area contributed by atoms with Crippen LogP contribution in [0.3, 0.4) is 0 Å². The van der Waals surface area contributed by atoms with Gasteiger partial charge in [-0.3, -0.25) is 10.1 Å². The molecular weight excluding hydrogens is 294 g/mol. The lowest BCUT2D eigenvalue weighted by Gasteiger charge is -2.34. The molecule has 1 aliphatic rings. The van der Waals surface area contributed by atoms with Gasteiger partial charge in [0.15, 0.2) is 5.75 Å². The van der Waals surface area contributed by atoms with Crippen LogP contribution in [0.5, 0.6) is 5.75 Å². The molecule has 0 N–H and O–H groups in total. The molecule has 0 bridgehead atoms. The van der Waals surface area contributed by atoms with E-state index in [0.29, 0.717) is 17.7 Å². The predicted molar refractivity (Wildman–Crippen MR) is 84.3 cm³/mol. The molecule has 6 nitrogen and oxygen atoms in total. The summed E-state index contributed by atoms with van der Waals surface area (Å²) in [5.74, 6) is 0.871. The number of benzene rings is 1. The van der Waals surface area contributed by atoms with Crippen molar-refractivity contribution in [3.05, 3.63) is 34.4 Å². The molecule has 0 saturated carbocycles. The van der Waals surface area contributed by atoms with Crippen LogP contribution in [0.2, 0.25) is 0 Å². The highest BCUT2D eigenvalue weighted by Gasteiger charge is 2.25. The van der Waals surface area contributed by atoms with Crippen LogP contribution in [0.4, 0.5) is 5.69 Å². The Morgan fingerprint density at radius 2 is 1.95 bits per heavy atom. The van der Waals surface area contributed by atoms with E-state index in [1.54, 1.807) is 12.1 Å². The molecule has 0 amide bonds. The van der Waals surface area contributed by atoms with E-state index in [4.69, 9.17) is 4.84 Å². The largest absolute Gasteiger partial charge is 0.357 e. The van der Waals surface area contributed by atoms with E-state index >= 15 is 0 Å². The minimum absolute atomic E-state index is 0. The first-order valence-corrected chi connectivity index (χ1v) is 6.66. The monoisotopic (exact) mass is 313 g/mol. The number of nitro benzene ring substituents is 1. The Labute approximate surface area is 130 Å². The van der Waals surface area contributed by atoms with Crippen LogP contribution in [0.1, 0.15) is 20.3 Å². The maximum atomic E-state index is 10.6. The van der Waals surface area contributed by atoms with Gasteiger partial charge in [-0.25, -0.2) is 0 Å². The second-order valence-corrected chi connectivity index (χ2v) is 5.32. The number of piperidine rings is 1. The first-order chi connectivity index (χ1) is 9.47. The maximum Gasteiger partial charge on any atom is 0.269 e. The van der Waals surface area contributed by atoms with E-state index in [-0.39, 0.29) is 18.1 Å². The van der Waals surface area contributed by atoms with Crippen molar-refractivity contribution >= 4 is 23.8 Å². The SMILES string of the molecule is CC1CN(C)C(C)CC1=NOc1ccc([N+](=O)[O-])cc1.Cl. The minimum atomic E-state index is -0.434. The van der Waals surface area contributed by atoms with E-state index in [1.165, 1.54) is 12.1 Å². The lowest BCUT2D eigenvalue weighted by Crippen LogP contribution is -2.43. The summed E-state index contributed by atoms with van der Waals surface area (Å²) >= 11 is 0. The third kappa shape index (κ3) is 4.41. The van der Waals surface area contributed by atoms with Crippen LogP contribution in [0.15, 0.2) is 29.4 Å². The van der Waals surface area contributed by atoms with Gasteiger partial charge in [0.05, 0.1) is 10.6 Å². The molecule has 1 fully saturated rings. The summed E-state index contributed by atoms with van der Waals surface area (Å²) in [6.07, 6.45) is 0.880. The van der Waals surface area contributed by atoms with E-state index in [1.807, 2.05) is 0 Å². The molecule has 1 aromatic rings. The van der Waals surface area contributed by atoms with E-state index in [0.717, 1.165) is 18.7 Å². The number of oxime groups is 1. The lowest BCUT2D eigenvalue weighted by atomic mass is 9.93. The van der Waals surface area contributed by atoms with Gasteiger partial charge in [-0.2, -0.15) is 0 Å². The Bertz CT molecular complexity index is 519. The highest BCUT2D eigenvalue weighted by Crippen LogP contribution is 2.21. The van der Waals surface area contributed by atoms with Crippen molar-refractivity contribution < 1.29 is 9.76 Å². The van der Waals surface area contributed by atoms with Crippen molar-refractivity contribution in [1.29, 1.82) is 0 Å². The van der Waals surface area contributed by atoms with Gasteiger partial charge in [0.1, 0.15) is 0 Å². The third-order valence-electron chi connectivity index (χ3n) is 3.70. The van der Waals surface area contributed by atoms with Gasteiger partial charge < -0.3 is 9.74 Å². The van der Waals surface area contributed by atoms with Crippen molar-refractivity contribution in [2.45, 2.75) is 26.3 Å². The van der Waals surface area contributed by atoms with Crippen molar-refractivity contribution in [1.82, 2.24) is 4.90 Å². The van der Waals surface area contributed by atoms with Crippen molar-refractivity contribution in [3.8, 4) is 5.75 Å². The summed E-state index contributed by atoms with van der Waals surface area (Å²) in [5.41, 5.74) is 1.08. The second-order valence-electron chi connectivity index (χ2n) is 5.32. The average Bonchev–Trinajstić information content (AvgIpc) is 2.42. The zero-order chi connectivity index (χ0) is 14.7. The molecule has 2 atom stereocenters. The number of nitrogens with zero attached hydrogens (tertiary/aromatic N) is 3. The number of non-ortho nitro benzene ring substituents is 1. The van der Waals surface area contributed by atoms with Gasteiger partial charge in [-0.15, -0.1) is 12.4 Å². The zero-order valence-corrected chi connectivity index (χ0v) is 13.2. The second kappa shape index (κ2) is 7.38. The molecule has 1 aliphatic heterocycles.